The molecule has 0 aliphatic rings. The second-order valence-corrected chi connectivity index (χ2v) is 5.09. The maximum atomic E-state index is 10.1. The lowest BCUT2D eigenvalue weighted by molar-refractivity contribution is 0.285. The summed E-state index contributed by atoms with van der Waals surface area (Å²) >= 11 is 0. The number of para-hydroxylation sites is 1. The molecule has 0 radical (unpaired) electrons. The highest BCUT2D eigenvalue weighted by Crippen LogP contribution is 2.30. The predicted octanol–water partition coefficient (Wildman–Crippen LogP) is 2.17. The molecule has 0 spiro atoms. The van der Waals surface area contributed by atoms with Gasteiger partial charge in [0.05, 0.1) is 6.61 Å². The Morgan fingerprint density at radius 1 is 1.16 bits per heavy atom. The van der Waals surface area contributed by atoms with Crippen molar-refractivity contribution in [1.82, 2.24) is 9.80 Å². The van der Waals surface area contributed by atoms with Gasteiger partial charge >= 0.3 is 0 Å². The first kappa shape index (κ1) is 15.8. The maximum Gasteiger partial charge on any atom is 0.162 e. The Morgan fingerprint density at radius 2 is 1.89 bits per heavy atom. The second-order valence-electron chi connectivity index (χ2n) is 5.09. The van der Waals surface area contributed by atoms with Crippen LogP contribution in [-0.4, -0.2) is 55.7 Å². The van der Waals surface area contributed by atoms with Gasteiger partial charge in [0.2, 0.25) is 0 Å². The second kappa shape index (κ2) is 8.02. The molecule has 0 saturated carbocycles. The van der Waals surface area contributed by atoms with E-state index in [1.165, 1.54) is 0 Å². The fourth-order valence-corrected chi connectivity index (χ4v) is 1.99. The van der Waals surface area contributed by atoms with Crippen LogP contribution in [0.15, 0.2) is 18.2 Å². The van der Waals surface area contributed by atoms with E-state index >= 15 is 0 Å². The standard InChI is InChI=1S/C15H26N2O2/c1-5-19-14-9-6-8-13(15(14)18)12-17(4)11-7-10-16(2)3/h6,8-9,18H,5,7,10-12H2,1-4H3. The molecule has 1 aromatic rings. The molecule has 0 saturated heterocycles. The minimum atomic E-state index is 0.267. The van der Waals surface area contributed by atoms with Gasteiger partial charge in [-0.2, -0.15) is 0 Å². The average molecular weight is 266 g/mol. The molecule has 0 amide bonds. The van der Waals surface area contributed by atoms with E-state index in [0.29, 0.717) is 12.4 Å². The summed E-state index contributed by atoms with van der Waals surface area (Å²) in [6.07, 6.45) is 1.12. The summed E-state index contributed by atoms with van der Waals surface area (Å²) in [4.78, 5) is 4.40. The van der Waals surface area contributed by atoms with E-state index in [0.717, 1.165) is 31.6 Å². The topological polar surface area (TPSA) is 35.9 Å². The molecule has 0 aromatic heterocycles. The van der Waals surface area contributed by atoms with Crippen molar-refractivity contribution in [3.63, 3.8) is 0 Å². The Morgan fingerprint density at radius 3 is 2.53 bits per heavy atom. The van der Waals surface area contributed by atoms with E-state index < -0.39 is 0 Å². The number of nitrogens with zero attached hydrogens (tertiary/aromatic N) is 2. The largest absolute Gasteiger partial charge is 0.504 e. The van der Waals surface area contributed by atoms with E-state index in [1.807, 2.05) is 19.1 Å². The molecule has 0 bridgehead atoms. The predicted molar refractivity (Wildman–Crippen MR) is 78.8 cm³/mol. The van der Waals surface area contributed by atoms with E-state index in [1.54, 1.807) is 6.07 Å². The molecular weight excluding hydrogens is 240 g/mol. The number of hydrogen-bond donors (Lipinski definition) is 1. The minimum absolute atomic E-state index is 0.267. The highest BCUT2D eigenvalue weighted by atomic mass is 16.5. The van der Waals surface area contributed by atoms with Crippen molar-refractivity contribution < 1.29 is 9.84 Å². The highest BCUT2D eigenvalue weighted by molar-refractivity contribution is 5.45. The smallest absolute Gasteiger partial charge is 0.162 e. The molecule has 0 heterocycles. The lowest BCUT2D eigenvalue weighted by atomic mass is 10.1. The van der Waals surface area contributed by atoms with Crippen LogP contribution in [0.25, 0.3) is 0 Å². The zero-order valence-corrected chi connectivity index (χ0v) is 12.5. The van der Waals surface area contributed by atoms with Crippen LogP contribution in [0, 0.1) is 0 Å². The van der Waals surface area contributed by atoms with Crippen LogP contribution in [0.1, 0.15) is 18.9 Å². The molecule has 19 heavy (non-hydrogen) atoms. The Balaban J connectivity index is 2.54. The van der Waals surface area contributed by atoms with E-state index in [4.69, 9.17) is 4.74 Å². The Kier molecular flexibility index (Phi) is 6.67. The fourth-order valence-electron chi connectivity index (χ4n) is 1.99. The summed E-state index contributed by atoms with van der Waals surface area (Å²) in [5.41, 5.74) is 0.915. The van der Waals surface area contributed by atoms with Gasteiger partial charge in [0, 0.05) is 12.1 Å². The highest BCUT2D eigenvalue weighted by Gasteiger charge is 2.09. The van der Waals surface area contributed by atoms with Crippen molar-refractivity contribution in [3.8, 4) is 11.5 Å². The number of ether oxygens (including phenoxy) is 1. The zero-order chi connectivity index (χ0) is 14.3. The van der Waals surface area contributed by atoms with Crippen LogP contribution >= 0.6 is 0 Å². The van der Waals surface area contributed by atoms with Gasteiger partial charge in [0.15, 0.2) is 11.5 Å². The van der Waals surface area contributed by atoms with Crippen molar-refractivity contribution in [2.75, 3.05) is 40.8 Å². The number of phenols is 1. The van der Waals surface area contributed by atoms with Crippen molar-refractivity contribution >= 4 is 0 Å². The van der Waals surface area contributed by atoms with Crippen molar-refractivity contribution in [1.29, 1.82) is 0 Å². The maximum absolute atomic E-state index is 10.1. The Bertz CT molecular complexity index is 380. The summed E-state index contributed by atoms with van der Waals surface area (Å²) in [6, 6.07) is 5.67. The SMILES string of the molecule is CCOc1cccc(CN(C)CCCN(C)C)c1O. The van der Waals surface area contributed by atoms with Crippen molar-refractivity contribution in [2.45, 2.75) is 19.9 Å². The fraction of sp³-hybridized carbons (Fsp3) is 0.600. The number of hydrogen-bond acceptors (Lipinski definition) is 4. The Hall–Kier alpha value is -1.26. The summed E-state index contributed by atoms with van der Waals surface area (Å²) in [5.74, 6) is 0.838. The summed E-state index contributed by atoms with van der Waals surface area (Å²) in [6.45, 7) is 5.31. The molecule has 0 unspecified atom stereocenters. The van der Waals surface area contributed by atoms with Crippen molar-refractivity contribution in [3.05, 3.63) is 23.8 Å². The van der Waals surface area contributed by atoms with E-state index in [2.05, 4.69) is 30.9 Å². The molecule has 0 aliphatic heterocycles. The molecule has 0 fully saturated rings. The number of aromatic hydroxyl groups is 1. The third-order valence-electron chi connectivity index (χ3n) is 2.97. The van der Waals surface area contributed by atoms with Gasteiger partial charge in [-0.05, 0) is 53.6 Å². The van der Waals surface area contributed by atoms with Crippen LogP contribution in [0.2, 0.25) is 0 Å². The van der Waals surface area contributed by atoms with Crippen LogP contribution in [-0.2, 0) is 6.54 Å². The van der Waals surface area contributed by atoms with Gasteiger partial charge in [-0.25, -0.2) is 0 Å². The lowest BCUT2D eigenvalue weighted by Crippen LogP contribution is -2.23. The molecule has 1 N–H and O–H groups in total. The average Bonchev–Trinajstić information content (AvgIpc) is 2.34. The molecule has 0 aliphatic carbocycles. The first-order chi connectivity index (χ1) is 9.04. The first-order valence-electron chi connectivity index (χ1n) is 6.81. The van der Waals surface area contributed by atoms with Crippen molar-refractivity contribution in [2.24, 2.45) is 0 Å². The van der Waals surface area contributed by atoms with Gasteiger partial charge in [-0.15, -0.1) is 0 Å². The third-order valence-corrected chi connectivity index (χ3v) is 2.97. The van der Waals surface area contributed by atoms with Crippen LogP contribution in [0.3, 0.4) is 0 Å². The van der Waals surface area contributed by atoms with Gasteiger partial charge in [0.25, 0.3) is 0 Å². The molecule has 0 atom stereocenters. The molecule has 1 rings (SSSR count). The monoisotopic (exact) mass is 266 g/mol. The number of phenolic OH excluding ortho intramolecular Hbond substituents is 1. The summed E-state index contributed by atoms with van der Waals surface area (Å²) < 4.78 is 5.40. The van der Waals surface area contributed by atoms with Gasteiger partial charge < -0.3 is 19.6 Å². The van der Waals surface area contributed by atoms with Gasteiger partial charge in [-0.3, -0.25) is 0 Å². The van der Waals surface area contributed by atoms with Crippen LogP contribution in [0.5, 0.6) is 11.5 Å². The zero-order valence-electron chi connectivity index (χ0n) is 12.5. The lowest BCUT2D eigenvalue weighted by Gasteiger charge is -2.19. The van der Waals surface area contributed by atoms with Gasteiger partial charge in [0.1, 0.15) is 0 Å². The molecule has 4 nitrogen and oxygen atoms in total. The van der Waals surface area contributed by atoms with E-state index in [-0.39, 0.29) is 5.75 Å². The Labute approximate surface area is 116 Å². The molecular formula is C15H26N2O2. The van der Waals surface area contributed by atoms with Gasteiger partial charge in [-0.1, -0.05) is 12.1 Å². The van der Waals surface area contributed by atoms with Crippen LogP contribution in [0.4, 0.5) is 0 Å². The molecule has 4 heteroatoms. The quantitative estimate of drug-likeness (QED) is 0.782. The third kappa shape index (κ3) is 5.49. The molecule has 1 aromatic carbocycles. The normalized spacial score (nSPS) is 11.3. The first-order valence-corrected chi connectivity index (χ1v) is 6.81. The number of rotatable bonds is 8. The van der Waals surface area contributed by atoms with E-state index in [9.17, 15) is 5.11 Å². The molecule has 108 valence electrons. The minimum Gasteiger partial charge on any atom is -0.504 e. The summed E-state index contributed by atoms with van der Waals surface area (Å²) in [5, 5.41) is 10.1. The number of benzene rings is 1. The van der Waals surface area contributed by atoms with Crippen LogP contribution < -0.4 is 4.74 Å². The summed E-state index contributed by atoms with van der Waals surface area (Å²) in [7, 11) is 6.23.